The molecule has 94 valence electrons. The highest BCUT2D eigenvalue weighted by atomic mass is 79.9. The first-order valence-electron chi connectivity index (χ1n) is 5.22. The van der Waals surface area contributed by atoms with Gasteiger partial charge in [-0.15, -0.1) is 0 Å². The zero-order valence-corrected chi connectivity index (χ0v) is 11.2. The van der Waals surface area contributed by atoms with Crippen LogP contribution in [0.3, 0.4) is 0 Å². The van der Waals surface area contributed by atoms with Crippen molar-refractivity contribution in [1.82, 2.24) is 0 Å². The second-order valence-electron chi connectivity index (χ2n) is 3.61. The lowest BCUT2D eigenvalue weighted by Crippen LogP contribution is -2.26. The van der Waals surface area contributed by atoms with E-state index in [0.29, 0.717) is 5.56 Å². The topological polar surface area (TPSA) is 46.5 Å². The first-order valence-corrected chi connectivity index (χ1v) is 6.01. The van der Waals surface area contributed by atoms with Crippen LogP contribution >= 0.6 is 15.9 Å². The summed E-state index contributed by atoms with van der Waals surface area (Å²) in [4.78, 5) is 11.1. The summed E-state index contributed by atoms with van der Waals surface area (Å²) in [5, 5.41) is 9.71. The van der Waals surface area contributed by atoms with Gasteiger partial charge < -0.3 is 9.84 Å². The van der Waals surface area contributed by atoms with Crippen LogP contribution in [0.4, 0.5) is 4.39 Å². The Labute approximate surface area is 108 Å². The average Bonchev–Trinajstić information content (AvgIpc) is 2.31. The van der Waals surface area contributed by atoms with Gasteiger partial charge in [0.05, 0.1) is 6.61 Å². The van der Waals surface area contributed by atoms with E-state index in [4.69, 9.17) is 0 Å². The van der Waals surface area contributed by atoms with Gasteiger partial charge in [-0.1, -0.05) is 28.1 Å². The molecule has 0 fully saturated rings. The zero-order chi connectivity index (χ0) is 13.0. The van der Waals surface area contributed by atoms with Gasteiger partial charge in [-0.3, -0.25) is 0 Å². The van der Waals surface area contributed by atoms with Gasteiger partial charge in [-0.2, -0.15) is 0 Å². The van der Waals surface area contributed by atoms with Gasteiger partial charge >= 0.3 is 5.97 Å². The molecule has 1 N–H and O–H groups in total. The largest absolute Gasteiger partial charge is 0.464 e. The Balaban J connectivity index is 2.84. The van der Waals surface area contributed by atoms with Crippen LogP contribution in [0.2, 0.25) is 0 Å². The molecule has 5 heteroatoms. The third-order valence-electron chi connectivity index (χ3n) is 2.31. The minimum Gasteiger partial charge on any atom is -0.464 e. The Hall–Kier alpha value is -0.940. The molecule has 0 spiro atoms. The van der Waals surface area contributed by atoms with Crippen molar-refractivity contribution in [3.05, 3.63) is 33.8 Å². The van der Waals surface area contributed by atoms with Crippen molar-refractivity contribution in [3.8, 4) is 0 Å². The van der Waals surface area contributed by atoms with Gasteiger partial charge in [-0.05, 0) is 31.0 Å². The number of hydrogen-bond donors (Lipinski definition) is 1. The summed E-state index contributed by atoms with van der Waals surface area (Å²) in [6, 6.07) is 4.89. The fourth-order valence-electron chi connectivity index (χ4n) is 1.37. The first-order chi connectivity index (χ1) is 7.97. The maximum atomic E-state index is 13.6. The van der Waals surface area contributed by atoms with Gasteiger partial charge in [0.25, 0.3) is 0 Å². The van der Waals surface area contributed by atoms with Crippen molar-refractivity contribution in [2.45, 2.75) is 26.1 Å². The fourth-order valence-corrected chi connectivity index (χ4v) is 1.62. The smallest absolute Gasteiger partial charge is 0.343 e. The van der Waals surface area contributed by atoms with E-state index in [0.717, 1.165) is 10.0 Å². The molecule has 17 heavy (non-hydrogen) atoms. The summed E-state index contributed by atoms with van der Waals surface area (Å²) in [5.41, 5.74) is 1.21. The molecule has 0 aliphatic rings. The molecule has 2 atom stereocenters. The molecular formula is C12H14BrFO3. The van der Waals surface area contributed by atoms with Crippen molar-refractivity contribution in [2.24, 2.45) is 0 Å². The van der Waals surface area contributed by atoms with E-state index in [2.05, 4.69) is 20.7 Å². The molecule has 0 radical (unpaired) electrons. The van der Waals surface area contributed by atoms with Gasteiger partial charge in [-0.25, -0.2) is 9.18 Å². The summed E-state index contributed by atoms with van der Waals surface area (Å²) in [6.07, 6.45) is -3.56. The minimum absolute atomic E-state index is 0.0886. The summed E-state index contributed by atoms with van der Waals surface area (Å²) in [6.45, 7) is 3.49. The first kappa shape index (κ1) is 14.1. The third kappa shape index (κ3) is 3.51. The van der Waals surface area contributed by atoms with Crippen molar-refractivity contribution < 1.29 is 19.0 Å². The van der Waals surface area contributed by atoms with Crippen LogP contribution in [-0.2, 0) is 9.53 Å². The van der Waals surface area contributed by atoms with E-state index in [9.17, 15) is 14.3 Å². The fraction of sp³-hybridized carbons (Fsp3) is 0.417. The number of benzene rings is 1. The van der Waals surface area contributed by atoms with Crippen LogP contribution in [0.15, 0.2) is 22.7 Å². The number of ether oxygens (including phenoxy) is 1. The molecule has 0 aliphatic carbocycles. The lowest BCUT2D eigenvalue weighted by Gasteiger charge is -2.15. The highest BCUT2D eigenvalue weighted by Crippen LogP contribution is 2.25. The van der Waals surface area contributed by atoms with Crippen molar-refractivity contribution >= 4 is 21.9 Å². The Morgan fingerprint density at radius 3 is 2.76 bits per heavy atom. The predicted molar refractivity (Wildman–Crippen MR) is 65.4 cm³/mol. The van der Waals surface area contributed by atoms with Gasteiger partial charge in [0.2, 0.25) is 6.17 Å². The normalized spacial score (nSPS) is 14.2. The van der Waals surface area contributed by atoms with Crippen LogP contribution in [0.25, 0.3) is 0 Å². The second kappa shape index (κ2) is 6.12. The summed E-state index contributed by atoms with van der Waals surface area (Å²) < 4.78 is 18.9. The molecule has 0 saturated heterocycles. The summed E-state index contributed by atoms with van der Waals surface area (Å²) >= 11 is 3.30. The predicted octanol–water partition coefficient (Wildman–Crippen LogP) is 2.69. The quantitative estimate of drug-likeness (QED) is 0.870. The number of carbonyl (C=O) groups is 1. The van der Waals surface area contributed by atoms with Crippen molar-refractivity contribution in [1.29, 1.82) is 0 Å². The van der Waals surface area contributed by atoms with E-state index < -0.39 is 18.2 Å². The number of carbonyl (C=O) groups excluding carboxylic acids is 1. The molecule has 0 aliphatic heterocycles. The van der Waals surface area contributed by atoms with Gasteiger partial charge in [0, 0.05) is 4.47 Å². The standard InChI is InChI=1S/C12H14BrFO3/c1-3-17-12(16)10(14)11(15)8-4-5-9(13)7(2)6-8/h4-6,10-11,15H,3H2,1-2H3. The summed E-state index contributed by atoms with van der Waals surface area (Å²) in [5.74, 6) is -1.04. The number of aryl methyl sites for hydroxylation is 1. The van der Waals surface area contributed by atoms with E-state index >= 15 is 0 Å². The Morgan fingerprint density at radius 1 is 1.59 bits per heavy atom. The van der Waals surface area contributed by atoms with Crippen LogP contribution in [0.5, 0.6) is 0 Å². The van der Waals surface area contributed by atoms with E-state index in [1.807, 2.05) is 6.92 Å². The lowest BCUT2D eigenvalue weighted by atomic mass is 10.0. The number of rotatable bonds is 4. The Bertz CT molecular complexity index is 409. The molecular weight excluding hydrogens is 291 g/mol. The molecule has 0 saturated carbocycles. The molecule has 1 aromatic carbocycles. The van der Waals surface area contributed by atoms with Crippen LogP contribution in [0.1, 0.15) is 24.2 Å². The van der Waals surface area contributed by atoms with Crippen molar-refractivity contribution in [3.63, 3.8) is 0 Å². The molecule has 0 heterocycles. The maximum Gasteiger partial charge on any atom is 0.343 e. The molecule has 1 rings (SSSR count). The monoisotopic (exact) mass is 304 g/mol. The molecule has 0 amide bonds. The van der Waals surface area contributed by atoms with Crippen molar-refractivity contribution in [2.75, 3.05) is 6.61 Å². The highest BCUT2D eigenvalue weighted by Gasteiger charge is 2.29. The SMILES string of the molecule is CCOC(=O)C(F)C(O)c1ccc(Br)c(C)c1. The van der Waals surface area contributed by atoms with E-state index in [1.54, 1.807) is 25.1 Å². The molecule has 1 aromatic rings. The number of esters is 1. The van der Waals surface area contributed by atoms with Crippen LogP contribution in [0, 0.1) is 6.92 Å². The molecule has 2 unspecified atom stereocenters. The third-order valence-corrected chi connectivity index (χ3v) is 3.20. The average molecular weight is 305 g/mol. The Kier molecular flexibility index (Phi) is 5.08. The molecule has 0 aromatic heterocycles. The lowest BCUT2D eigenvalue weighted by molar-refractivity contribution is -0.153. The highest BCUT2D eigenvalue weighted by molar-refractivity contribution is 9.10. The minimum atomic E-state index is -2.06. The second-order valence-corrected chi connectivity index (χ2v) is 4.46. The van der Waals surface area contributed by atoms with Crippen LogP contribution in [-0.4, -0.2) is 23.9 Å². The summed E-state index contributed by atoms with van der Waals surface area (Å²) in [7, 11) is 0. The van der Waals surface area contributed by atoms with Gasteiger partial charge in [0.1, 0.15) is 6.10 Å². The zero-order valence-electron chi connectivity index (χ0n) is 9.61. The number of hydrogen-bond acceptors (Lipinski definition) is 3. The molecule has 0 bridgehead atoms. The van der Waals surface area contributed by atoms with E-state index in [1.165, 1.54) is 0 Å². The van der Waals surface area contributed by atoms with Gasteiger partial charge in [0.15, 0.2) is 0 Å². The number of alkyl halides is 1. The number of aliphatic hydroxyl groups excluding tert-OH is 1. The maximum absolute atomic E-state index is 13.6. The van der Waals surface area contributed by atoms with Crippen LogP contribution < -0.4 is 0 Å². The Morgan fingerprint density at radius 2 is 2.24 bits per heavy atom. The van der Waals surface area contributed by atoms with E-state index in [-0.39, 0.29) is 6.61 Å². The number of halogens is 2. The molecule has 3 nitrogen and oxygen atoms in total. The number of aliphatic hydroxyl groups is 1.